The van der Waals surface area contributed by atoms with Crippen LogP contribution in [0.25, 0.3) is 0 Å². The molecular formula is C21H23F3N4O3. The lowest BCUT2D eigenvalue weighted by Crippen LogP contribution is -2.53. The number of hydrogen-bond acceptors (Lipinski definition) is 6. The molecule has 0 radical (unpaired) electrons. The summed E-state index contributed by atoms with van der Waals surface area (Å²) in [5, 5.41) is 2.90. The molecule has 0 bridgehead atoms. The number of fused-ring (bicyclic) bond motifs is 1. The molecule has 1 amide bonds. The van der Waals surface area contributed by atoms with E-state index in [1.807, 2.05) is 16.7 Å². The second kappa shape index (κ2) is 8.62. The van der Waals surface area contributed by atoms with Crippen molar-refractivity contribution in [2.75, 3.05) is 49.6 Å². The topological polar surface area (TPSA) is 66.9 Å². The highest BCUT2D eigenvalue weighted by atomic mass is 19.4. The number of carbonyl (C=O) groups is 1. The predicted octanol–water partition coefficient (Wildman–Crippen LogP) is 3.02. The Morgan fingerprint density at radius 3 is 2.42 bits per heavy atom. The van der Waals surface area contributed by atoms with E-state index in [1.165, 1.54) is 6.07 Å². The number of nitrogens with zero attached hydrogens (tertiary/aromatic N) is 3. The van der Waals surface area contributed by atoms with Crippen molar-refractivity contribution in [3.63, 3.8) is 0 Å². The van der Waals surface area contributed by atoms with Crippen LogP contribution < -0.4 is 19.7 Å². The Labute approximate surface area is 177 Å². The second-order valence-electron chi connectivity index (χ2n) is 7.45. The molecule has 0 aliphatic carbocycles. The van der Waals surface area contributed by atoms with Gasteiger partial charge < -0.3 is 19.7 Å². The molecule has 1 atom stereocenters. The Kier molecular flexibility index (Phi) is 5.90. The van der Waals surface area contributed by atoms with Gasteiger partial charge in [0.25, 0.3) is 0 Å². The molecule has 2 aromatic rings. The molecule has 1 fully saturated rings. The van der Waals surface area contributed by atoms with E-state index >= 15 is 0 Å². The Morgan fingerprint density at radius 2 is 1.77 bits per heavy atom. The molecule has 1 saturated heterocycles. The first-order valence-electron chi connectivity index (χ1n) is 10.0. The maximum absolute atomic E-state index is 12.7. The summed E-state index contributed by atoms with van der Waals surface area (Å²) in [4.78, 5) is 20.6. The number of rotatable bonds is 4. The standard InChI is InChI=1S/C21H23F3N4O3/c1-14(20(29)26-16-3-4-17-18(12-16)31-11-10-30-17)27-6-8-28(9-7-27)19-5-2-15(13-25-19)21(22,23)24/h2-5,12-14H,6-11H2,1H3,(H,26,29)/t14-/m0/s1. The van der Waals surface area contributed by atoms with Crippen LogP contribution >= 0.6 is 0 Å². The van der Waals surface area contributed by atoms with Gasteiger partial charge in [0.15, 0.2) is 11.5 Å². The SMILES string of the molecule is C[C@@H](C(=O)Nc1ccc2c(c1)OCCO2)N1CCN(c2ccc(C(F)(F)F)cn2)CC1. The molecule has 2 aliphatic heterocycles. The lowest BCUT2D eigenvalue weighted by Gasteiger charge is -2.38. The van der Waals surface area contributed by atoms with Gasteiger partial charge >= 0.3 is 6.18 Å². The first-order valence-corrected chi connectivity index (χ1v) is 10.0. The largest absolute Gasteiger partial charge is 0.486 e. The average Bonchev–Trinajstić information content (AvgIpc) is 2.78. The number of benzene rings is 1. The summed E-state index contributed by atoms with van der Waals surface area (Å²) in [6.07, 6.45) is -3.55. The van der Waals surface area contributed by atoms with Crippen molar-refractivity contribution < 1.29 is 27.4 Å². The first-order chi connectivity index (χ1) is 14.8. The fraction of sp³-hybridized carbons (Fsp3) is 0.429. The highest BCUT2D eigenvalue weighted by Crippen LogP contribution is 2.33. The highest BCUT2D eigenvalue weighted by Gasteiger charge is 2.31. The molecule has 31 heavy (non-hydrogen) atoms. The van der Waals surface area contributed by atoms with E-state index in [4.69, 9.17) is 9.47 Å². The van der Waals surface area contributed by atoms with Crippen molar-refractivity contribution in [1.82, 2.24) is 9.88 Å². The average molecular weight is 436 g/mol. The molecule has 3 heterocycles. The Morgan fingerprint density at radius 1 is 1.06 bits per heavy atom. The maximum atomic E-state index is 12.7. The van der Waals surface area contributed by atoms with E-state index < -0.39 is 11.7 Å². The van der Waals surface area contributed by atoms with Crippen LogP contribution in [-0.4, -0.2) is 61.2 Å². The molecule has 10 heteroatoms. The van der Waals surface area contributed by atoms with E-state index in [2.05, 4.69) is 10.3 Å². The third-order valence-electron chi connectivity index (χ3n) is 5.45. The monoisotopic (exact) mass is 436 g/mol. The molecule has 0 unspecified atom stereocenters. The van der Waals surface area contributed by atoms with Crippen LogP contribution in [0.5, 0.6) is 11.5 Å². The smallest absolute Gasteiger partial charge is 0.417 e. The summed E-state index contributed by atoms with van der Waals surface area (Å²) in [5.41, 5.74) is -0.131. The third kappa shape index (κ3) is 4.84. The molecule has 1 aromatic carbocycles. The van der Waals surface area contributed by atoms with Crippen molar-refractivity contribution in [1.29, 1.82) is 0 Å². The van der Waals surface area contributed by atoms with Gasteiger partial charge in [-0.05, 0) is 31.2 Å². The Bertz CT molecular complexity index is 928. The molecule has 1 N–H and O–H groups in total. The summed E-state index contributed by atoms with van der Waals surface area (Å²) in [7, 11) is 0. The van der Waals surface area contributed by atoms with Crippen LogP contribution in [0.2, 0.25) is 0 Å². The number of ether oxygens (including phenoxy) is 2. The summed E-state index contributed by atoms with van der Waals surface area (Å²) in [6.45, 7) is 5.14. The first kappa shape index (κ1) is 21.2. The van der Waals surface area contributed by atoms with Gasteiger partial charge in [-0.3, -0.25) is 9.69 Å². The molecule has 0 spiro atoms. The van der Waals surface area contributed by atoms with Crippen LogP contribution in [0.15, 0.2) is 36.5 Å². The van der Waals surface area contributed by atoms with Crippen molar-refractivity contribution in [3.05, 3.63) is 42.1 Å². The number of hydrogen-bond donors (Lipinski definition) is 1. The summed E-state index contributed by atoms with van der Waals surface area (Å²) >= 11 is 0. The van der Waals surface area contributed by atoms with Crippen molar-refractivity contribution >= 4 is 17.4 Å². The number of pyridine rings is 1. The van der Waals surface area contributed by atoms with Crippen LogP contribution in [0, 0.1) is 0 Å². The number of aromatic nitrogens is 1. The quantitative estimate of drug-likeness (QED) is 0.795. The lowest BCUT2D eigenvalue weighted by atomic mass is 10.2. The molecule has 166 valence electrons. The van der Waals surface area contributed by atoms with Crippen LogP contribution in [-0.2, 0) is 11.0 Å². The van der Waals surface area contributed by atoms with Crippen molar-refractivity contribution in [2.24, 2.45) is 0 Å². The number of alkyl halides is 3. The number of carbonyl (C=O) groups excluding carboxylic acids is 1. The molecule has 0 saturated carbocycles. The van der Waals surface area contributed by atoms with Gasteiger partial charge in [0.2, 0.25) is 5.91 Å². The minimum Gasteiger partial charge on any atom is -0.486 e. The molecule has 7 nitrogen and oxygen atoms in total. The number of nitrogens with one attached hydrogen (secondary N) is 1. The number of piperazine rings is 1. The third-order valence-corrected chi connectivity index (χ3v) is 5.45. The molecule has 4 rings (SSSR count). The fourth-order valence-electron chi connectivity index (χ4n) is 3.61. The zero-order valence-corrected chi connectivity index (χ0v) is 17.0. The van der Waals surface area contributed by atoms with Crippen molar-refractivity contribution in [2.45, 2.75) is 19.1 Å². The second-order valence-corrected chi connectivity index (χ2v) is 7.45. The Balaban J connectivity index is 1.31. The van der Waals surface area contributed by atoms with Gasteiger partial charge in [0, 0.05) is 44.1 Å². The van der Waals surface area contributed by atoms with Crippen molar-refractivity contribution in [3.8, 4) is 11.5 Å². The zero-order chi connectivity index (χ0) is 22.0. The number of anilines is 2. The zero-order valence-electron chi connectivity index (χ0n) is 17.0. The minimum atomic E-state index is -4.40. The number of halogens is 3. The van der Waals surface area contributed by atoms with Gasteiger partial charge in [-0.2, -0.15) is 13.2 Å². The van der Waals surface area contributed by atoms with Crippen LogP contribution in [0.4, 0.5) is 24.7 Å². The van der Waals surface area contributed by atoms with Crippen LogP contribution in [0.1, 0.15) is 12.5 Å². The van der Waals surface area contributed by atoms with Gasteiger partial charge in [-0.15, -0.1) is 0 Å². The van der Waals surface area contributed by atoms with E-state index in [9.17, 15) is 18.0 Å². The maximum Gasteiger partial charge on any atom is 0.417 e. The summed E-state index contributed by atoms with van der Waals surface area (Å²) < 4.78 is 49.1. The summed E-state index contributed by atoms with van der Waals surface area (Å²) in [6, 6.07) is 7.34. The molecule has 1 aromatic heterocycles. The minimum absolute atomic E-state index is 0.141. The van der Waals surface area contributed by atoms with E-state index in [0.717, 1.165) is 12.3 Å². The molecule has 2 aliphatic rings. The van der Waals surface area contributed by atoms with Gasteiger partial charge in [0.1, 0.15) is 19.0 Å². The van der Waals surface area contributed by atoms with Gasteiger partial charge in [0.05, 0.1) is 11.6 Å². The molecular weight excluding hydrogens is 413 g/mol. The van der Waals surface area contributed by atoms with E-state index in [1.54, 1.807) is 18.2 Å². The number of amides is 1. The summed E-state index contributed by atoms with van der Waals surface area (Å²) in [5.74, 6) is 1.62. The lowest BCUT2D eigenvalue weighted by molar-refractivity contribution is -0.137. The highest BCUT2D eigenvalue weighted by molar-refractivity contribution is 5.94. The fourth-order valence-corrected chi connectivity index (χ4v) is 3.61. The van der Waals surface area contributed by atoms with E-state index in [-0.39, 0.29) is 11.9 Å². The van der Waals surface area contributed by atoms with Gasteiger partial charge in [-0.25, -0.2) is 4.98 Å². The normalized spacial score (nSPS) is 17.9. The van der Waals surface area contributed by atoms with E-state index in [0.29, 0.717) is 62.4 Å². The predicted molar refractivity (Wildman–Crippen MR) is 109 cm³/mol. The Hall–Kier alpha value is -3.01. The van der Waals surface area contributed by atoms with Crippen LogP contribution in [0.3, 0.4) is 0 Å². The van der Waals surface area contributed by atoms with Gasteiger partial charge in [-0.1, -0.05) is 0 Å².